The second-order valence-electron chi connectivity index (χ2n) is 5.99. The fourth-order valence-corrected chi connectivity index (χ4v) is 3.31. The molecule has 3 rings (SSSR count). The van der Waals surface area contributed by atoms with E-state index in [1.54, 1.807) is 4.90 Å². The largest absolute Gasteiger partial charge is 0.322 e. The first kappa shape index (κ1) is 16.2. The van der Waals surface area contributed by atoms with Crippen LogP contribution in [0.2, 0.25) is 0 Å². The summed E-state index contributed by atoms with van der Waals surface area (Å²) in [6.45, 7) is 2.58. The maximum Gasteiger partial charge on any atom is 0.223 e. The van der Waals surface area contributed by atoms with Gasteiger partial charge in [-0.05, 0) is 36.1 Å². The van der Waals surface area contributed by atoms with Gasteiger partial charge in [-0.1, -0.05) is 49.4 Å². The van der Waals surface area contributed by atoms with Crippen LogP contribution < -0.4 is 4.90 Å². The summed E-state index contributed by atoms with van der Waals surface area (Å²) < 4.78 is 0. The second kappa shape index (κ2) is 7.30. The lowest BCUT2D eigenvalue weighted by Gasteiger charge is -2.32. The molecule has 2 aromatic carbocycles. The van der Waals surface area contributed by atoms with Gasteiger partial charge in [-0.15, -0.1) is 0 Å². The average molecular weight is 322 g/mol. The first-order valence-electron chi connectivity index (χ1n) is 8.43. The summed E-state index contributed by atoms with van der Waals surface area (Å²) in [5.41, 5.74) is 3.00. The lowest BCUT2D eigenvalue weighted by atomic mass is 10.0. The number of likely N-dealkylation sites (tertiary alicyclic amines) is 1. The summed E-state index contributed by atoms with van der Waals surface area (Å²) in [4.78, 5) is 27.4. The molecule has 0 aromatic heterocycles. The number of carbonyl (C=O) groups is 2. The molecule has 24 heavy (non-hydrogen) atoms. The third kappa shape index (κ3) is 3.18. The monoisotopic (exact) mass is 322 g/mol. The minimum absolute atomic E-state index is 0.101. The third-order valence-electron chi connectivity index (χ3n) is 4.53. The van der Waals surface area contributed by atoms with Crippen molar-refractivity contribution in [1.29, 1.82) is 0 Å². The number of hydrogen-bond donors (Lipinski definition) is 0. The van der Waals surface area contributed by atoms with Gasteiger partial charge in [0, 0.05) is 18.7 Å². The minimum Gasteiger partial charge on any atom is -0.322 e. The Labute approximate surface area is 142 Å². The lowest BCUT2D eigenvalue weighted by molar-refractivity contribution is -0.131. The molecule has 0 N–H and O–H groups in total. The second-order valence-corrected chi connectivity index (χ2v) is 5.99. The zero-order valence-electron chi connectivity index (χ0n) is 13.9. The number of hydrogen-bond acceptors (Lipinski definition) is 2. The lowest BCUT2D eigenvalue weighted by Crippen LogP contribution is -2.46. The Morgan fingerprint density at radius 2 is 1.92 bits per heavy atom. The van der Waals surface area contributed by atoms with Crippen LogP contribution >= 0.6 is 0 Å². The summed E-state index contributed by atoms with van der Waals surface area (Å²) in [7, 11) is 0. The van der Waals surface area contributed by atoms with Gasteiger partial charge in [-0.25, -0.2) is 0 Å². The molecule has 0 saturated carbocycles. The zero-order chi connectivity index (χ0) is 16.9. The Morgan fingerprint density at radius 3 is 2.62 bits per heavy atom. The van der Waals surface area contributed by atoms with Crippen LogP contribution in [0, 0.1) is 0 Å². The van der Waals surface area contributed by atoms with Crippen molar-refractivity contribution >= 4 is 18.0 Å². The van der Waals surface area contributed by atoms with Crippen LogP contribution in [0.5, 0.6) is 0 Å². The summed E-state index contributed by atoms with van der Waals surface area (Å²) >= 11 is 0. The number of amides is 2. The van der Waals surface area contributed by atoms with Gasteiger partial charge < -0.3 is 4.90 Å². The van der Waals surface area contributed by atoms with Crippen LogP contribution in [0.3, 0.4) is 0 Å². The Morgan fingerprint density at radius 1 is 1.17 bits per heavy atom. The first-order chi connectivity index (χ1) is 11.7. The SMILES string of the molecule is CCC(=O)N1CCCC1N(C=O)c1cccc(-c2ccccc2)c1. The molecule has 0 bridgehead atoms. The van der Waals surface area contributed by atoms with Crippen molar-refractivity contribution in [3.63, 3.8) is 0 Å². The van der Waals surface area contributed by atoms with Crippen LogP contribution in [0.4, 0.5) is 5.69 Å². The zero-order valence-corrected chi connectivity index (χ0v) is 13.9. The summed E-state index contributed by atoms with van der Waals surface area (Å²) in [5.74, 6) is 0.101. The van der Waals surface area contributed by atoms with E-state index >= 15 is 0 Å². The molecule has 1 saturated heterocycles. The van der Waals surface area contributed by atoms with E-state index in [9.17, 15) is 9.59 Å². The van der Waals surface area contributed by atoms with Crippen LogP contribution in [-0.2, 0) is 9.59 Å². The quantitative estimate of drug-likeness (QED) is 0.788. The number of nitrogens with zero attached hydrogens (tertiary/aromatic N) is 2. The van der Waals surface area contributed by atoms with Gasteiger partial charge in [0.2, 0.25) is 12.3 Å². The topological polar surface area (TPSA) is 40.6 Å². The van der Waals surface area contributed by atoms with Gasteiger partial charge in [0.15, 0.2) is 0 Å². The molecule has 1 atom stereocenters. The van der Waals surface area contributed by atoms with Crippen molar-refractivity contribution in [3.05, 3.63) is 54.6 Å². The van der Waals surface area contributed by atoms with Crippen molar-refractivity contribution in [2.75, 3.05) is 11.4 Å². The predicted octanol–water partition coefficient (Wildman–Crippen LogP) is 3.67. The minimum atomic E-state index is -0.180. The van der Waals surface area contributed by atoms with Crippen LogP contribution in [0.15, 0.2) is 54.6 Å². The molecule has 0 radical (unpaired) electrons. The number of rotatable bonds is 5. The van der Waals surface area contributed by atoms with Gasteiger partial charge in [0.25, 0.3) is 0 Å². The maximum absolute atomic E-state index is 12.1. The number of benzene rings is 2. The highest BCUT2D eigenvalue weighted by atomic mass is 16.2. The smallest absolute Gasteiger partial charge is 0.223 e. The van der Waals surface area contributed by atoms with Gasteiger partial charge in [0.05, 0.1) is 0 Å². The van der Waals surface area contributed by atoms with E-state index in [1.165, 1.54) is 0 Å². The molecule has 1 fully saturated rings. The number of anilines is 1. The number of carbonyl (C=O) groups excluding carboxylic acids is 2. The van der Waals surface area contributed by atoms with E-state index in [2.05, 4.69) is 0 Å². The van der Waals surface area contributed by atoms with E-state index in [4.69, 9.17) is 0 Å². The standard InChI is InChI=1S/C20H22N2O2/c1-2-20(24)21-13-7-12-19(21)22(15-23)18-11-6-10-17(14-18)16-8-4-3-5-9-16/h3-6,8-11,14-15,19H,2,7,12-13H2,1H3. The Bertz CT molecular complexity index is 715. The average Bonchev–Trinajstić information content (AvgIpc) is 3.12. The Hall–Kier alpha value is -2.62. The fourth-order valence-electron chi connectivity index (χ4n) is 3.31. The van der Waals surface area contributed by atoms with Crippen LogP contribution in [-0.4, -0.2) is 29.9 Å². The van der Waals surface area contributed by atoms with Crippen molar-refractivity contribution in [1.82, 2.24) is 4.90 Å². The molecular weight excluding hydrogens is 300 g/mol. The summed E-state index contributed by atoms with van der Waals surface area (Å²) in [5, 5.41) is 0. The van der Waals surface area contributed by atoms with E-state index in [0.29, 0.717) is 6.42 Å². The highest BCUT2D eigenvalue weighted by Gasteiger charge is 2.32. The van der Waals surface area contributed by atoms with E-state index in [1.807, 2.05) is 66.4 Å². The van der Waals surface area contributed by atoms with Crippen molar-refractivity contribution in [2.45, 2.75) is 32.4 Å². The molecule has 2 aromatic rings. The molecule has 4 heteroatoms. The first-order valence-corrected chi connectivity index (χ1v) is 8.43. The molecule has 1 unspecified atom stereocenters. The molecule has 1 aliphatic rings. The van der Waals surface area contributed by atoms with Crippen LogP contribution in [0.1, 0.15) is 26.2 Å². The maximum atomic E-state index is 12.1. The molecule has 2 amide bonds. The normalized spacial score (nSPS) is 16.9. The Balaban J connectivity index is 1.91. The van der Waals surface area contributed by atoms with Crippen molar-refractivity contribution in [2.24, 2.45) is 0 Å². The molecule has 1 aliphatic heterocycles. The van der Waals surface area contributed by atoms with E-state index in [0.717, 1.165) is 42.6 Å². The Kier molecular flexibility index (Phi) is 4.94. The molecule has 0 aliphatic carbocycles. The van der Waals surface area contributed by atoms with Crippen LogP contribution in [0.25, 0.3) is 11.1 Å². The van der Waals surface area contributed by atoms with E-state index < -0.39 is 0 Å². The third-order valence-corrected chi connectivity index (χ3v) is 4.53. The van der Waals surface area contributed by atoms with Gasteiger partial charge in [-0.2, -0.15) is 0 Å². The van der Waals surface area contributed by atoms with E-state index in [-0.39, 0.29) is 12.1 Å². The molecule has 0 spiro atoms. The van der Waals surface area contributed by atoms with Gasteiger partial charge in [-0.3, -0.25) is 14.5 Å². The predicted molar refractivity (Wildman–Crippen MR) is 95.4 cm³/mol. The van der Waals surface area contributed by atoms with Gasteiger partial charge in [0.1, 0.15) is 6.17 Å². The highest BCUT2D eigenvalue weighted by molar-refractivity contribution is 5.82. The summed E-state index contributed by atoms with van der Waals surface area (Å²) in [6.07, 6.45) is 2.88. The van der Waals surface area contributed by atoms with Gasteiger partial charge >= 0.3 is 0 Å². The fraction of sp³-hybridized carbons (Fsp3) is 0.300. The molecular formula is C20H22N2O2. The molecule has 1 heterocycles. The molecule has 124 valence electrons. The van der Waals surface area contributed by atoms with Crippen molar-refractivity contribution in [3.8, 4) is 11.1 Å². The van der Waals surface area contributed by atoms with Crippen molar-refractivity contribution < 1.29 is 9.59 Å². The summed E-state index contributed by atoms with van der Waals surface area (Å²) in [6, 6.07) is 18.0. The molecule has 4 nitrogen and oxygen atoms in total. The highest BCUT2D eigenvalue weighted by Crippen LogP contribution is 2.29.